The zero-order chi connectivity index (χ0) is 10.1. The number of fused-ring (bicyclic) bond motifs is 1. The van der Waals surface area contributed by atoms with Crippen LogP contribution >= 0.6 is 0 Å². The number of carboxylic acid groups (broad SMARTS) is 1. The average Bonchev–Trinajstić information content (AvgIpc) is 2.46. The Labute approximate surface area is 82.3 Å². The van der Waals surface area contributed by atoms with Gasteiger partial charge in [-0.3, -0.25) is 4.79 Å². The summed E-state index contributed by atoms with van der Waals surface area (Å²) < 4.78 is 5.44. The van der Waals surface area contributed by atoms with Crippen molar-refractivity contribution in [3.63, 3.8) is 0 Å². The molecule has 14 heavy (non-hydrogen) atoms. The van der Waals surface area contributed by atoms with Gasteiger partial charge in [-0.1, -0.05) is 19.1 Å². The molecule has 1 unspecified atom stereocenters. The molecule has 1 heterocycles. The Kier molecular flexibility index (Phi) is 2.15. The van der Waals surface area contributed by atoms with E-state index in [1.54, 1.807) is 0 Å². The van der Waals surface area contributed by atoms with Gasteiger partial charge in [0.15, 0.2) is 0 Å². The number of benzene rings is 1. The molecule has 74 valence electrons. The third kappa shape index (κ3) is 1.58. The highest BCUT2D eigenvalue weighted by molar-refractivity contribution is 5.70. The van der Waals surface area contributed by atoms with Gasteiger partial charge in [-0.2, -0.15) is 0 Å². The first-order valence-electron chi connectivity index (χ1n) is 4.64. The predicted octanol–water partition coefficient (Wildman–Crippen LogP) is 1.81. The maximum atomic E-state index is 10.5. The van der Waals surface area contributed by atoms with E-state index >= 15 is 0 Å². The summed E-state index contributed by atoms with van der Waals surface area (Å²) in [7, 11) is 0. The molecule has 1 aromatic rings. The quantitative estimate of drug-likeness (QED) is 0.777. The summed E-state index contributed by atoms with van der Waals surface area (Å²) in [4.78, 5) is 10.5. The van der Waals surface area contributed by atoms with Crippen LogP contribution in [0.5, 0.6) is 5.75 Å². The van der Waals surface area contributed by atoms with E-state index in [-0.39, 0.29) is 6.42 Å². The molecule has 0 spiro atoms. The fourth-order valence-corrected chi connectivity index (χ4v) is 1.70. The number of hydrogen-bond donors (Lipinski definition) is 1. The molecule has 2 rings (SSSR count). The average molecular weight is 192 g/mol. The third-order valence-corrected chi connectivity index (χ3v) is 2.45. The fourth-order valence-electron chi connectivity index (χ4n) is 1.70. The first kappa shape index (κ1) is 9.06. The Morgan fingerprint density at radius 1 is 1.64 bits per heavy atom. The van der Waals surface area contributed by atoms with Gasteiger partial charge in [0.1, 0.15) is 5.75 Å². The van der Waals surface area contributed by atoms with Crippen molar-refractivity contribution in [2.24, 2.45) is 0 Å². The van der Waals surface area contributed by atoms with Crippen LogP contribution in [-0.4, -0.2) is 17.7 Å². The van der Waals surface area contributed by atoms with Crippen molar-refractivity contribution in [2.75, 3.05) is 6.61 Å². The molecule has 1 aliphatic rings. The minimum absolute atomic E-state index is 0.0605. The van der Waals surface area contributed by atoms with E-state index in [4.69, 9.17) is 9.84 Å². The number of carbonyl (C=O) groups is 1. The second-order valence-corrected chi connectivity index (χ2v) is 3.65. The molecule has 1 aliphatic heterocycles. The number of aliphatic carboxylic acids is 1. The second kappa shape index (κ2) is 3.33. The van der Waals surface area contributed by atoms with Gasteiger partial charge < -0.3 is 9.84 Å². The van der Waals surface area contributed by atoms with Crippen LogP contribution in [0, 0.1) is 0 Å². The van der Waals surface area contributed by atoms with Gasteiger partial charge >= 0.3 is 5.97 Å². The molecule has 3 heteroatoms. The Morgan fingerprint density at radius 2 is 2.43 bits per heavy atom. The van der Waals surface area contributed by atoms with Crippen molar-refractivity contribution in [3.05, 3.63) is 29.3 Å². The molecule has 3 nitrogen and oxygen atoms in total. The minimum atomic E-state index is -0.809. The predicted molar refractivity (Wildman–Crippen MR) is 51.7 cm³/mol. The lowest BCUT2D eigenvalue weighted by atomic mass is 10.0. The Morgan fingerprint density at radius 3 is 3.14 bits per heavy atom. The Bertz CT molecular complexity index is 371. The highest BCUT2D eigenvalue weighted by Crippen LogP contribution is 2.34. The van der Waals surface area contributed by atoms with Crippen molar-refractivity contribution in [1.29, 1.82) is 0 Å². The molecule has 0 fully saturated rings. The summed E-state index contributed by atoms with van der Waals surface area (Å²) in [5.74, 6) is 0.455. The van der Waals surface area contributed by atoms with Gasteiger partial charge in [-0.15, -0.1) is 0 Å². The van der Waals surface area contributed by atoms with Crippen molar-refractivity contribution in [2.45, 2.75) is 19.3 Å². The molecule has 0 saturated carbocycles. The first-order chi connectivity index (χ1) is 6.66. The van der Waals surface area contributed by atoms with Crippen LogP contribution in [0.1, 0.15) is 24.0 Å². The molecule has 0 saturated heterocycles. The van der Waals surface area contributed by atoms with Crippen molar-refractivity contribution >= 4 is 5.97 Å². The molecule has 1 atom stereocenters. The highest BCUT2D eigenvalue weighted by atomic mass is 16.5. The molecular weight excluding hydrogens is 180 g/mol. The number of carboxylic acids is 1. The van der Waals surface area contributed by atoms with E-state index < -0.39 is 5.97 Å². The third-order valence-electron chi connectivity index (χ3n) is 2.45. The molecule has 0 bridgehead atoms. The summed E-state index contributed by atoms with van der Waals surface area (Å²) in [6, 6.07) is 5.65. The molecule has 0 amide bonds. The van der Waals surface area contributed by atoms with Gasteiger partial charge in [0.05, 0.1) is 13.0 Å². The first-order valence-corrected chi connectivity index (χ1v) is 4.64. The smallest absolute Gasteiger partial charge is 0.307 e. The van der Waals surface area contributed by atoms with Crippen LogP contribution in [0.4, 0.5) is 0 Å². The minimum Gasteiger partial charge on any atom is -0.493 e. The lowest BCUT2D eigenvalue weighted by Crippen LogP contribution is -1.99. The summed E-state index contributed by atoms with van der Waals surface area (Å²) >= 11 is 0. The van der Waals surface area contributed by atoms with Crippen LogP contribution in [0.3, 0.4) is 0 Å². The van der Waals surface area contributed by atoms with Crippen molar-refractivity contribution in [1.82, 2.24) is 0 Å². The van der Waals surface area contributed by atoms with E-state index in [0.717, 1.165) is 11.3 Å². The Hall–Kier alpha value is -1.51. The maximum Gasteiger partial charge on any atom is 0.307 e. The van der Waals surface area contributed by atoms with Crippen LogP contribution in [0.15, 0.2) is 18.2 Å². The largest absolute Gasteiger partial charge is 0.493 e. The lowest BCUT2D eigenvalue weighted by Gasteiger charge is -2.02. The molecule has 1 N–H and O–H groups in total. The van der Waals surface area contributed by atoms with E-state index in [2.05, 4.69) is 6.92 Å². The van der Waals surface area contributed by atoms with Crippen LogP contribution < -0.4 is 4.74 Å². The summed E-state index contributed by atoms with van der Waals surface area (Å²) in [6.07, 6.45) is 0.0605. The normalized spacial score (nSPS) is 18.8. The monoisotopic (exact) mass is 192 g/mol. The number of rotatable bonds is 2. The van der Waals surface area contributed by atoms with Crippen LogP contribution in [0.25, 0.3) is 0 Å². The topological polar surface area (TPSA) is 46.5 Å². The molecular formula is C11H12O3. The van der Waals surface area contributed by atoms with Gasteiger partial charge in [0.25, 0.3) is 0 Å². The SMILES string of the molecule is CC1COc2cc(CC(=O)O)ccc21. The number of ether oxygens (including phenoxy) is 1. The molecule has 0 radical (unpaired) electrons. The van der Waals surface area contributed by atoms with E-state index in [1.807, 2.05) is 18.2 Å². The molecule has 0 aliphatic carbocycles. The Balaban J connectivity index is 2.28. The molecule has 1 aromatic carbocycles. The maximum absolute atomic E-state index is 10.5. The van der Waals surface area contributed by atoms with Gasteiger partial charge in [0.2, 0.25) is 0 Å². The van der Waals surface area contributed by atoms with Gasteiger partial charge in [0, 0.05) is 11.5 Å². The van der Waals surface area contributed by atoms with E-state index in [1.165, 1.54) is 5.56 Å². The summed E-state index contributed by atoms with van der Waals surface area (Å²) in [6.45, 7) is 2.80. The van der Waals surface area contributed by atoms with Gasteiger partial charge in [-0.05, 0) is 11.6 Å². The zero-order valence-corrected chi connectivity index (χ0v) is 7.99. The summed E-state index contributed by atoms with van der Waals surface area (Å²) in [5, 5.41) is 8.63. The van der Waals surface area contributed by atoms with Crippen LogP contribution in [-0.2, 0) is 11.2 Å². The number of hydrogen-bond acceptors (Lipinski definition) is 2. The van der Waals surface area contributed by atoms with Crippen LogP contribution in [0.2, 0.25) is 0 Å². The van der Waals surface area contributed by atoms with Crippen molar-refractivity contribution < 1.29 is 14.6 Å². The zero-order valence-electron chi connectivity index (χ0n) is 7.99. The summed E-state index contributed by atoms with van der Waals surface area (Å²) in [5.41, 5.74) is 1.98. The highest BCUT2D eigenvalue weighted by Gasteiger charge is 2.20. The fraction of sp³-hybridized carbons (Fsp3) is 0.364. The molecule has 0 aromatic heterocycles. The van der Waals surface area contributed by atoms with Crippen molar-refractivity contribution in [3.8, 4) is 5.75 Å². The lowest BCUT2D eigenvalue weighted by molar-refractivity contribution is -0.136. The standard InChI is InChI=1S/C11H12O3/c1-7-6-14-10-4-8(5-11(12)13)2-3-9(7)10/h2-4,7H,5-6H2,1H3,(H,12,13). The van der Waals surface area contributed by atoms with E-state index in [0.29, 0.717) is 12.5 Å². The van der Waals surface area contributed by atoms with E-state index in [9.17, 15) is 4.79 Å². The second-order valence-electron chi connectivity index (χ2n) is 3.65. The van der Waals surface area contributed by atoms with Gasteiger partial charge in [-0.25, -0.2) is 0 Å².